The van der Waals surface area contributed by atoms with E-state index in [2.05, 4.69) is 25.1 Å². The number of likely N-dealkylation sites (tertiary alicyclic amines) is 1. The number of morpholine rings is 1. The summed E-state index contributed by atoms with van der Waals surface area (Å²) < 4.78 is 13.0. The number of carbonyl (C=O) groups is 1. The lowest BCUT2D eigenvalue weighted by Crippen LogP contribution is -2.50. The third-order valence-corrected chi connectivity index (χ3v) is 7.80. The minimum atomic E-state index is -0.516. The van der Waals surface area contributed by atoms with Crippen LogP contribution in [0.5, 0.6) is 0 Å². The van der Waals surface area contributed by atoms with Crippen LogP contribution in [-0.2, 0) is 9.47 Å². The van der Waals surface area contributed by atoms with Crippen LogP contribution in [0.25, 0.3) is 16.7 Å². The molecule has 42 heavy (non-hydrogen) atoms. The van der Waals surface area contributed by atoms with Gasteiger partial charge in [0, 0.05) is 50.8 Å². The molecule has 218 valence electrons. The summed E-state index contributed by atoms with van der Waals surface area (Å²) in [5.74, 6) is 2.96. The van der Waals surface area contributed by atoms with Gasteiger partial charge in [0.25, 0.3) is 0 Å². The Morgan fingerprint density at radius 1 is 1.02 bits per heavy atom. The van der Waals surface area contributed by atoms with Gasteiger partial charge in [-0.15, -0.1) is 5.10 Å². The number of carbonyl (C=O) groups excluding carboxylic acids is 1. The molecule has 0 unspecified atom stereocenters. The summed E-state index contributed by atoms with van der Waals surface area (Å²) in [5, 5.41) is 9.11. The number of aromatic nitrogens is 6. The van der Waals surface area contributed by atoms with E-state index in [9.17, 15) is 4.79 Å². The van der Waals surface area contributed by atoms with Crippen LogP contribution in [0.1, 0.15) is 27.2 Å². The number of hydrogen-bond donors (Lipinski definition) is 1. The van der Waals surface area contributed by atoms with E-state index in [1.165, 1.54) is 0 Å². The van der Waals surface area contributed by atoms with Gasteiger partial charge in [-0.2, -0.15) is 0 Å². The molecule has 0 aliphatic carbocycles. The lowest BCUT2D eigenvalue weighted by Gasteiger charge is -2.35. The van der Waals surface area contributed by atoms with Crippen LogP contribution < -0.4 is 15.1 Å². The van der Waals surface area contributed by atoms with Crippen molar-refractivity contribution in [3.63, 3.8) is 0 Å². The van der Waals surface area contributed by atoms with Gasteiger partial charge in [0.1, 0.15) is 23.1 Å². The maximum absolute atomic E-state index is 12.8. The predicted octanol–water partition coefficient (Wildman–Crippen LogP) is 3.38. The van der Waals surface area contributed by atoms with E-state index in [-0.39, 0.29) is 18.2 Å². The summed E-state index contributed by atoms with van der Waals surface area (Å²) >= 11 is 0. The minimum Gasteiger partial charge on any atom is -0.444 e. The third kappa shape index (κ3) is 5.04. The van der Waals surface area contributed by atoms with E-state index in [4.69, 9.17) is 24.5 Å². The van der Waals surface area contributed by atoms with Crippen molar-refractivity contribution >= 4 is 40.4 Å². The molecule has 7 heterocycles. The molecule has 1 amide bonds. The van der Waals surface area contributed by atoms with Crippen LogP contribution in [0, 0.1) is 0 Å². The number of fused-ring (bicyclic) bond motifs is 3. The fraction of sp³-hybridized carbons (Fsp3) is 0.448. The zero-order valence-corrected chi connectivity index (χ0v) is 24.0. The maximum Gasteiger partial charge on any atom is 0.410 e. The molecule has 3 aliphatic heterocycles. The number of pyridine rings is 2. The Balaban J connectivity index is 1.20. The molecule has 2 bridgehead atoms. The largest absolute Gasteiger partial charge is 0.444 e. The fourth-order valence-electron chi connectivity index (χ4n) is 5.90. The SMILES string of the molecule is CC(C)(C)OC(=O)N1C[C@@H]2C[C@H]1CN2c1cc(-n2nc(Nc3cnccn3)c3ccc(N4CCOCC4)nc32)ccn1. The van der Waals surface area contributed by atoms with Crippen LogP contribution in [0.4, 0.5) is 28.1 Å². The molecule has 3 aliphatic rings. The number of piperazine rings is 1. The van der Waals surface area contributed by atoms with E-state index in [1.54, 1.807) is 24.8 Å². The van der Waals surface area contributed by atoms with Crippen molar-refractivity contribution in [2.45, 2.75) is 44.9 Å². The minimum absolute atomic E-state index is 0.0985. The summed E-state index contributed by atoms with van der Waals surface area (Å²) in [6.45, 7) is 9.94. The molecule has 13 nitrogen and oxygen atoms in total. The average Bonchev–Trinajstić information content (AvgIpc) is 3.71. The van der Waals surface area contributed by atoms with Crippen molar-refractivity contribution in [2.24, 2.45) is 0 Å². The molecule has 7 rings (SSSR count). The zero-order chi connectivity index (χ0) is 28.8. The van der Waals surface area contributed by atoms with Gasteiger partial charge in [0.15, 0.2) is 11.5 Å². The number of anilines is 4. The fourth-order valence-corrected chi connectivity index (χ4v) is 5.90. The first-order valence-electron chi connectivity index (χ1n) is 14.3. The standard InChI is InChI=1S/C29H34N10O3/c1-29(2,3)42-28(40)38-18-20-14-21(38)17-37(20)25-15-19(6-7-32-25)39-27-22(26(35-39)33-23-16-30-8-9-31-23)4-5-24(34-27)36-10-12-41-13-11-36/h4-9,15-16,20-21H,10-14,17-18H2,1-3H3,(H,31,33,35)/t20-,21-/m0/s1. The highest BCUT2D eigenvalue weighted by molar-refractivity contribution is 5.91. The van der Waals surface area contributed by atoms with Crippen molar-refractivity contribution in [1.29, 1.82) is 0 Å². The summed E-state index contributed by atoms with van der Waals surface area (Å²) in [5.41, 5.74) is 1.05. The number of rotatable bonds is 5. The Morgan fingerprint density at radius 3 is 2.62 bits per heavy atom. The molecular formula is C29H34N10O3. The van der Waals surface area contributed by atoms with Gasteiger partial charge < -0.3 is 29.5 Å². The molecule has 2 atom stereocenters. The average molecular weight is 571 g/mol. The normalized spacial score (nSPS) is 20.4. The van der Waals surface area contributed by atoms with Gasteiger partial charge in [-0.3, -0.25) is 4.98 Å². The van der Waals surface area contributed by atoms with E-state index >= 15 is 0 Å². The van der Waals surface area contributed by atoms with Crippen LogP contribution in [0.2, 0.25) is 0 Å². The highest BCUT2D eigenvalue weighted by Crippen LogP contribution is 2.36. The van der Waals surface area contributed by atoms with Crippen molar-refractivity contribution < 1.29 is 14.3 Å². The summed E-state index contributed by atoms with van der Waals surface area (Å²) in [4.78, 5) is 37.4. The summed E-state index contributed by atoms with van der Waals surface area (Å²) in [6.07, 6.45) is 7.38. The second-order valence-electron chi connectivity index (χ2n) is 11.8. The lowest BCUT2D eigenvalue weighted by molar-refractivity contribution is 0.0214. The van der Waals surface area contributed by atoms with Crippen LogP contribution in [0.3, 0.4) is 0 Å². The quantitative estimate of drug-likeness (QED) is 0.379. The van der Waals surface area contributed by atoms with E-state index in [0.717, 1.165) is 47.9 Å². The van der Waals surface area contributed by atoms with Crippen molar-refractivity contribution in [3.05, 3.63) is 49.1 Å². The maximum atomic E-state index is 12.8. The number of nitrogens with zero attached hydrogens (tertiary/aromatic N) is 9. The Morgan fingerprint density at radius 2 is 1.88 bits per heavy atom. The van der Waals surface area contributed by atoms with Gasteiger partial charge in [-0.05, 0) is 45.4 Å². The Kier molecular flexibility index (Phi) is 6.53. The number of ether oxygens (including phenoxy) is 2. The Labute approximate surface area is 243 Å². The second kappa shape index (κ2) is 10.4. The van der Waals surface area contributed by atoms with E-state index in [1.807, 2.05) is 54.6 Å². The van der Waals surface area contributed by atoms with Gasteiger partial charge in [-0.1, -0.05) is 0 Å². The topological polar surface area (TPSA) is 127 Å². The molecule has 0 saturated carbocycles. The third-order valence-electron chi connectivity index (χ3n) is 7.80. The van der Waals surface area contributed by atoms with Crippen molar-refractivity contribution in [1.82, 2.24) is 34.6 Å². The second-order valence-corrected chi connectivity index (χ2v) is 11.8. The van der Waals surface area contributed by atoms with Gasteiger partial charge in [-0.25, -0.2) is 24.4 Å². The predicted molar refractivity (Wildman–Crippen MR) is 157 cm³/mol. The Bertz CT molecular complexity index is 1600. The molecular weight excluding hydrogens is 536 g/mol. The smallest absolute Gasteiger partial charge is 0.410 e. The van der Waals surface area contributed by atoms with Crippen LogP contribution in [-0.4, -0.2) is 97.8 Å². The molecule has 3 fully saturated rings. The molecule has 0 spiro atoms. The molecule has 4 aromatic rings. The van der Waals surface area contributed by atoms with Crippen LogP contribution in [0.15, 0.2) is 49.1 Å². The first kappa shape index (κ1) is 26.4. The molecule has 13 heteroatoms. The van der Waals surface area contributed by atoms with Gasteiger partial charge >= 0.3 is 6.09 Å². The first-order valence-corrected chi connectivity index (χ1v) is 14.3. The molecule has 1 N–H and O–H groups in total. The number of nitrogens with one attached hydrogen (secondary N) is 1. The molecule has 4 aromatic heterocycles. The first-order chi connectivity index (χ1) is 20.3. The molecule has 3 saturated heterocycles. The monoisotopic (exact) mass is 570 g/mol. The number of amides is 1. The zero-order valence-electron chi connectivity index (χ0n) is 24.0. The highest BCUT2D eigenvalue weighted by Gasteiger charge is 2.47. The van der Waals surface area contributed by atoms with Crippen LogP contribution >= 0.6 is 0 Å². The highest BCUT2D eigenvalue weighted by atomic mass is 16.6. The van der Waals surface area contributed by atoms with Gasteiger partial charge in [0.05, 0.1) is 42.6 Å². The molecule has 0 aromatic carbocycles. The Hall–Kier alpha value is -4.52. The van der Waals surface area contributed by atoms with E-state index < -0.39 is 5.60 Å². The van der Waals surface area contributed by atoms with Crippen molar-refractivity contribution in [2.75, 3.05) is 54.5 Å². The van der Waals surface area contributed by atoms with E-state index in [0.29, 0.717) is 37.9 Å². The number of hydrogen-bond acceptors (Lipinski definition) is 11. The van der Waals surface area contributed by atoms with Crippen molar-refractivity contribution in [3.8, 4) is 5.69 Å². The summed E-state index contributed by atoms with van der Waals surface area (Å²) in [7, 11) is 0. The summed E-state index contributed by atoms with van der Waals surface area (Å²) in [6, 6.07) is 8.33. The van der Waals surface area contributed by atoms with Gasteiger partial charge in [0.2, 0.25) is 0 Å². The molecule has 0 radical (unpaired) electrons. The lowest BCUT2D eigenvalue weighted by atomic mass is 10.2.